The van der Waals surface area contributed by atoms with E-state index in [2.05, 4.69) is 41.6 Å². The lowest BCUT2D eigenvalue weighted by Crippen LogP contribution is -2.16. The van der Waals surface area contributed by atoms with Crippen molar-refractivity contribution in [3.05, 3.63) is 75.7 Å². The Labute approximate surface area is 180 Å². The molecule has 0 bridgehead atoms. The molecule has 3 aromatic rings. The normalized spacial score (nSPS) is 18.5. The monoisotopic (exact) mass is 426 g/mol. The van der Waals surface area contributed by atoms with Gasteiger partial charge in [-0.25, -0.2) is 4.39 Å². The Morgan fingerprint density at radius 2 is 1.90 bits per heavy atom. The van der Waals surface area contributed by atoms with E-state index in [1.807, 2.05) is 0 Å². The van der Waals surface area contributed by atoms with Gasteiger partial charge in [-0.3, -0.25) is 9.48 Å². The van der Waals surface area contributed by atoms with Crippen LogP contribution in [-0.2, 0) is 7.05 Å². The van der Waals surface area contributed by atoms with E-state index in [9.17, 15) is 9.18 Å². The molecule has 4 rings (SSSR count). The lowest BCUT2D eigenvalue weighted by molar-refractivity contribution is 0.102. The Morgan fingerprint density at radius 1 is 1.20 bits per heavy atom. The molecule has 0 aliphatic heterocycles. The van der Waals surface area contributed by atoms with Crippen LogP contribution in [0.1, 0.15) is 58.3 Å². The quantitative estimate of drug-likeness (QED) is 0.586. The SMILES string of the molecule is Cc1ccc(C2CCC(c3nn(C)c(N)c3C(=O)Nc3ccc(F)c(Cl)c3)C2)cc1. The zero-order valence-electron chi connectivity index (χ0n) is 17.0. The minimum atomic E-state index is -0.538. The maximum atomic E-state index is 13.4. The largest absolute Gasteiger partial charge is 0.383 e. The van der Waals surface area contributed by atoms with E-state index in [1.54, 1.807) is 11.7 Å². The van der Waals surface area contributed by atoms with E-state index < -0.39 is 5.82 Å². The number of halogens is 2. The Kier molecular flexibility index (Phi) is 5.52. The standard InChI is InChI=1S/C23H24ClFN4O/c1-13-3-5-14(6-4-13)15-7-8-16(11-15)21-20(22(26)29(2)28-21)23(30)27-17-9-10-19(25)18(24)12-17/h3-6,9-10,12,15-16H,7-8,11,26H2,1-2H3,(H,27,30). The molecular weight excluding hydrogens is 403 g/mol. The molecule has 30 heavy (non-hydrogen) atoms. The van der Waals surface area contributed by atoms with E-state index >= 15 is 0 Å². The van der Waals surface area contributed by atoms with Crippen molar-refractivity contribution in [3.63, 3.8) is 0 Å². The molecule has 1 heterocycles. The number of aromatic nitrogens is 2. The molecule has 2 atom stereocenters. The molecule has 5 nitrogen and oxygen atoms in total. The average Bonchev–Trinajstić information content (AvgIpc) is 3.31. The molecule has 2 aromatic carbocycles. The molecule has 1 saturated carbocycles. The second kappa shape index (κ2) is 8.11. The Balaban J connectivity index is 1.57. The van der Waals surface area contributed by atoms with Crippen LogP contribution >= 0.6 is 11.6 Å². The molecule has 3 N–H and O–H groups in total. The van der Waals surface area contributed by atoms with Gasteiger partial charge < -0.3 is 11.1 Å². The third kappa shape index (κ3) is 3.92. The Bertz CT molecular complexity index is 1090. The van der Waals surface area contributed by atoms with Crippen LogP contribution in [0.15, 0.2) is 42.5 Å². The van der Waals surface area contributed by atoms with Crippen LogP contribution in [0.5, 0.6) is 0 Å². The van der Waals surface area contributed by atoms with E-state index in [4.69, 9.17) is 17.3 Å². The molecule has 156 valence electrons. The van der Waals surface area contributed by atoms with Gasteiger partial charge in [-0.15, -0.1) is 0 Å². The smallest absolute Gasteiger partial charge is 0.261 e. The summed E-state index contributed by atoms with van der Waals surface area (Å²) in [5.74, 6) is -0.00101. The highest BCUT2D eigenvalue weighted by molar-refractivity contribution is 6.31. The van der Waals surface area contributed by atoms with Crippen LogP contribution in [0.4, 0.5) is 15.9 Å². The van der Waals surface area contributed by atoms with Crippen molar-refractivity contribution in [2.75, 3.05) is 11.1 Å². The molecular formula is C23H24ClFN4O. The fraction of sp³-hybridized carbons (Fsp3) is 0.304. The maximum Gasteiger partial charge on any atom is 0.261 e. The maximum absolute atomic E-state index is 13.4. The molecule has 1 aromatic heterocycles. The van der Waals surface area contributed by atoms with Gasteiger partial charge in [-0.1, -0.05) is 41.4 Å². The van der Waals surface area contributed by atoms with Crippen molar-refractivity contribution in [1.82, 2.24) is 9.78 Å². The fourth-order valence-corrected chi connectivity index (χ4v) is 4.40. The second-order valence-corrected chi connectivity index (χ2v) is 8.38. The topological polar surface area (TPSA) is 72.9 Å². The number of carbonyl (C=O) groups excluding carboxylic acids is 1. The first-order valence-electron chi connectivity index (χ1n) is 9.98. The summed E-state index contributed by atoms with van der Waals surface area (Å²) in [6.45, 7) is 2.08. The number of carbonyl (C=O) groups is 1. The Morgan fingerprint density at radius 3 is 2.60 bits per heavy atom. The number of nitrogens with one attached hydrogen (secondary N) is 1. The van der Waals surface area contributed by atoms with Crippen LogP contribution in [0.3, 0.4) is 0 Å². The number of aryl methyl sites for hydroxylation is 2. The van der Waals surface area contributed by atoms with Crippen LogP contribution in [-0.4, -0.2) is 15.7 Å². The zero-order valence-corrected chi connectivity index (χ0v) is 17.7. The summed E-state index contributed by atoms with van der Waals surface area (Å²) >= 11 is 5.83. The summed E-state index contributed by atoms with van der Waals surface area (Å²) in [6.07, 6.45) is 2.90. The van der Waals surface area contributed by atoms with Gasteiger partial charge in [0.15, 0.2) is 0 Å². The minimum Gasteiger partial charge on any atom is -0.383 e. The fourth-order valence-electron chi connectivity index (χ4n) is 4.22. The highest BCUT2D eigenvalue weighted by Gasteiger charge is 2.33. The number of nitrogens with two attached hydrogens (primary N) is 1. The van der Waals surface area contributed by atoms with Gasteiger partial charge >= 0.3 is 0 Å². The number of nitrogen functional groups attached to an aromatic ring is 1. The van der Waals surface area contributed by atoms with Crippen molar-refractivity contribution < 1.29 is 9.18 Å². The van der Waals surface area contributed by atoms with Crippen molar-refractivity contribution in [3.8, 4) is 0 Å². The van der Waals surface area contributed by atoms with Gasteiger partial charge in [0.25, 0.3) is 5.91 Å². The molecule has 0 saturated heterocycles. The number of nitrogens with zero attached hydrogens (tertiary/aromatic N) is 2. The average molecular weight is 427 g/mol. The summed E-state index contributed by atoms with van der Waals surface area (Å²) in [4.78, 5) is 13.0. The van der Waals surface area contributed by atoms with Crippen molar-refractivity contribution in [2.24, 2.45) is 7.05 Å². The molecule has 0 spiro atoms. The molecule has 1 aliphatic rings. The van der Waals surface area contributed by atoms with Crippen molar-refractivity contribution in [1.29, 1.82) is 0 Å². The summed E-state index contributed by atoms with van der Waals surface area (Å²) in [7, 11) is 1.73. The summed E-state index contributed by atoms with van der Waals surface area (Å²) < 4.78 is 15.0. The number of rotatable bonds is 4. The van der Waals surface area contributed by atoms with E-state index in [1.165, 1.54) is 29.3 Å². The minimum absolute atomic E-state index is 0.0519. The van der Waals surface area contributed by atoms with Gasteiger partial charge in [0.2, 0.25) is 0 Å². The first kappa shape index (κ1) is 20.4. The van der Waals surface area contributed by atoms with Gasteiger partial charge in [0, 0.05) is 18.7 Å². The number of hydrogen-bond donors (Lipinski definition) is 2. The summed E-state index contributed by atoms with van der Waals surface area (Å²) in [5, 5.41) is 7.29. The van der Waals surface area contributed by atoms with Crippen LogP contribution in [0.2, 0.25) is 5.02 Å². The number of anilines is 2. The van der Waals surface area contributed by atoms with E-state index in [-0.39, 0.29) is 16.8 Å². The molecule has 7 heteroatoms. The summed E-state index contributed by atoms with van der Waals surface area (Å²) in [5.41, 5.74) is 10.3. The number of amides is 1. The highest BCUT2D eigenvalue weighted by Crippen LogP contribution is 2.44. The van der Waals surface area contributed by atoms with E-state index in [0.717, 1.165) is 25.0 Å². The first-order chi connectivity index (χ1) is 14.3. The molecule has 2 unspecified atom stereocenters. The van der Waals surface area contributed by atoms with Crippen LogP contribution in [0.25, 0.3) is 0 Å². The number of benzene rings is 2. The zero-order chi connectivity index (χ0) is 21.4. The predicted octanol–water partition coefficient (Wildman–Crippen LogP) is 5.41. The third-order valence-electron chi connectivity index (χ3n) is 5.89. The van der Waals surface area contributed by atoms with Gasteiger partial charge in [0.05, 0.1) is 10.7 Å². The van der Waals surface area contributed by atoms with Crippen LogP contribution < -0.4 is 11.1 Å². The molecule has 1 aliphatic carbocycles. The predicted molar refractivity (Wildman–Crippen MR) is 117 cm³/mol. The molecule has 0 radical (unpaired) electrons. The van der Waals surface area contributed by atoms with Crippen molar-refractivity contribution >= 4 is 29.0 Å². The lowest BCUT2D eigenvalue weighted by Gasteiger charge is -2.13. The lowest BCUT2D eigenvalue weighted by atomic mass is 9.93. The van der Waals surface area contributed by atoms with Gasteiger partial charge in [0.1, 0.15) is 17.2 Å². The van der Waals surface area contributed by atoms with E-state index in [0.29, 0.717) is 23.0 Å². The number of hydrogen-bond acceptors (Lipinski definition) is 3. The van der Waals surface area contributed by atoms with Gasteiger partial charge in [-0.05, 0) is 55.9 Å². The van der Waals surface area contributed by atoms with Gasteiger partial charge in [-0.2, -0.15) is 5.10 Å². The summed E-state index contributed by atoms with van der Waals surface area (Å²) in [6, 6.07) is 12.7. The Hall–Kier alpha value is -2.86. The molecule has 1 fully saturated rings. The first-order valence-corrected chi connectivity index (χ1v) is 10.4. The van der Waals surface area contributed by atoms with Crippen molar-refractivity contribution in [2.45, 2.75) is 38.0 Å². The second-order valence-electron chi connectivity index (χ2n) is 7.97. The molecule has 1 amide bonds. The highest BCUT2D eigenvalue weighted by atomic mass is 35.5. The van der Waals surface area contributed by atoms with Crippen LogP contribution in [0, 0.1) is 12.7 Å². The third-order valence-corrected chi connectivity index (χ3v) is 6.18.